The Labute approximate surface area is 238 Å². The van der Waals surface area contributed by atoms with Crippen LogP contribution in [0.1, 0.15) is 36.3 Å². The van der Waals surface area contributed by atoms with Gasteiger partial charge in [-0.05, 0) is 55.5 Å². The van der Waals surface area contributed by atoms with E-state index in [9.17, 15) is 21.4 Å². The summed E-state index contributed by atoms with van der Waals surface area (Å²) >= 11 is 8.83. The summed E-state index contributed by atoms with van der Waals surface area (Å²) in [6.45, 7) is 1.28. The molecule has 2 heterocycles. The van der Waals surface area contributed by atoms with Gasteiger partial charge in [0, 0.05) is 45.5 Å². The summed E-state index contributed by atoms with van der Waals surface area (Å²) in [6.07, 6.45) is 3.52. The fourth-order valence-electron chi connectivity index (χ4n) is 4.84. The van der Waals surface area contributed by atoms with Crippen LogP contribution in [0.3, 0.4) is 0 Å². The molecule has 0 saturated carbocycles. The monoisotopic (exact) mass is 694 g/mol. The van der Waals surface area contributed by atoms with Crippen LogP contribution in [0.5, 0.6) is 0 Å². The summed E-state index contributed by atoms with van der Waals surface area (Å²) in [7, 11) is -8.22. The van der Waals surface area contributed by atoms with E-state index in [1.54, 1.807) is 11.3 Å². The molecule has 2 aromatic carbocycles. The van der Waals surface area contributed by atoms with Gasteiger partial charge in [0.25, 0.3) is 10.1 Å². The number of aromatic nitrogens is 1. The van der Waals surface area contributed by atoms with Gasteiger partial charge in [0.1, 0.15) is 11.2 Å². The van der Waals surface area contributed by atoms with Crippen LogP contribution in [0.4, 0.5) is 5.69 Å². The summed E-state index contributed by atoms with van der Waals surface area (Å²) in [5, 5.41) is 1.16. The fraction of sp³-hybridized carbons (Fsp3) is 0.458. The molecule has 1 unspecified atom stereocenters. The molecule has 0 aliphatic carbocycles. The summed E-state index contributed by atoms with van der Waals surface area (Å²) in [4.78, 5) is 2.33. The number of thiazole rings is 1. The number of benzene rings is 2. The predicted octanol–water partition coefficient (Wildman–Crippen LogP) is 4.68. The van der Waals surface area contributed by atoms with Gasteiger partial charge in [-0.25, -0.2) is 8.42 Å². The van der Waals surface area contributed by atoms with Crippen molar-refractivity contribution in [3.63, 3.8) is 0 Å². The smallest absolute Gasteiger partial charge is 0.264 e. The molecule has 13 heteroatoms. The molecule has 1 aliphatic heterocycles. The molecule has 8 nitrogen and oxygen atoms in total. The van der Waals surface area contributed by atoms with E-state index in [2.05, 4.69) is 65.6 Å². The van der Waals surface area contributed by atoms with Gasteiger partial charge in [-0.2, -0.15) is 13.0 Å². The molecule has 0 radical (unpaired) electrons. The fourth-order valence-corrected chi connectivity index (χ4v) is 7.90. The van der Waals surface area contributed by atoms with Gasteiger partial charge in [0.05, 0.1) is 22.3 Å². The Hall–Kier alpha value is -1.09. The predicted molar refractivity (Wildman–Crippen MR) is 152 cm³/mol. The number of fused-ring (bicyclic) bond motifs is 2. The molecule has 0 amide bonds. The molecule has 0 bridgehead atoms. The van der Waals surface area contributed by atoms with Crippen LogP contribution >= 0.6 is 43.2 Å². The third-order valence-electron chi connectivity index (χ3n) is 6.48. The van der Waals surface area contributed by atoms with Crippen molar-refractivity contribution in [2.75, 3.05) is 23.0 Å². The van der Waals surface area contributed by atoms with Crippen LogP contribution in [0.2, 0.25) is 0 Å². The first-order valence-electron chi connectivity index (χ1n) is 11.9. The Morgan fingerprint density at radius 3 is 2.43 bits per heavy atom. The Bertz CT molecular complexity index is 1490. The topological polar surface area (TPSA) is 119 Å². The van der Waals surface area contributed by atoms with Gasteiger partial charge in [-0.1, -0.05) is 49.3 Å². The molecule has 3 aromatic rings. The lowest BCUT2D eigenvalue weighted by molar-refractivity contribution is -0.674. The Morgan fingerprint density at radius 2 is 1.70 bits per heavy atom. The third-order valence-corrected chi connectivity index (χ3v) is 10.2. The molecule has 202 valence electrons. The first kappa shape index (κ1) is 28.9. The maximum Gasteiger partial charge on any atom is 0.264 e. The summed E-state index contributed by atoms with van der Waals surface area (Å²) < 4.78 is 69.9. The van der Waals surface area contributed by atoms with Crippen molar-refractivity contribution in [1.29, 1.82) is 0 Å². The molecule has 0 fully saturated rings. The van der Waals surface area contributed by atoms with Crippen molar-refractivity contribution in [3.05, 3.63) is 55.9 Å². The first-order valence-corrected chi connectivity index (χ1v) is 17.5. The molecule has 0 saturated heterocycles. The molecule has 1 aromatic heterocycles. The molecule has 1 atom stereocenters. The number of aryl methyl sites for hydroxylation is 1. The van der Waals surface area contributed by atoms with Gasteiger partial charge in [-0.3, -0.25) is 4.55 Å². The molecular weight excluding hydrogens is 668 g/mol. The highest BCUT2D eigenvalue weighted by atomic mass is 79.9. The number of unbranched alkanes of at least 4 members (excludes halogenated alkanes) is 2. The van der Waals surface area contributed by atoms with Crippen LogP contribution in [-0.4, -0.2) is 50.0 Å². The average Bonchev–Trinajstić information content (AvgIpc) is 3.30. The minimum Gasteiger partial charge on any atom is -0.748 e. The van der Waals surface area contributed by atoms with E-state index >= 15 is 0 Å². The molecular formula is C24H28Br2N2O6S3. The third kappa shape index (κ3) is 7.96. The first-order chi connectivity index (χ1) is 17.4. The second-order valence-corrected chi connectivity index (χ2v) is 15.3. The molecule has 1 N–H and O–H groups in total. The molecule has 4 rings (SSSR count). The van der Waals surface area contributed by atoms with Crippen molar-refractivity contribution in [1.82, 2.24) is 0 Å². The van der Waals surface area contributed by atoms with E-state index in [1.807, 2.05) is 12.1 Å². The lowest BCUT2D eigenvalue weighted by Gasteiger charge is -2.27. The highest BCUT2D eigenvalue weighted by molar-refractivity contribution is 9.10. The van der Waals surface area contributed by atoms with Gasteiger partial charge in [0.2, 0.25) is 10.5 Å². The van der Waals surface area contributed by atoms with E-state index in [1.165, 1.54) is 5.56 Å². The lowest BCUT2D eigenvalue weighted by Crippen LogP contribution is -2.41. The van der Waals surface area contributed by atoms with Gasteiger partial charge in [0.15, 0.2) is 0 Å². The highest BCUT2D eigenvalue weighted by Crippen LogP contribution is 2.37. The van der Waals surface area contributed by atoms with Gasteiger partial charge < -0.3 is 9.45 Å². The average molecular weight is 697 g/mol. The quantitative estimate of drug-likeness (QED) is 0.166. The molecule has 1 aliphatic rings. The minimum absolute atomic E-state index is 0.166. The normalized spacial score (nSPS) is 16.0. The SMILES string of the molecule is O=S(=O)([O-])CCCC[n+]1c(CC2Cc3ccc(Br)cc3N2CCCCS(=O)(=O)O)sc2ccc(Br)cc21. The standard InChI is InChI=1S/C24H28Br2N2O6S3/c25-18-6-5-17-13-20(27(21(17)14-18)9-1-3-11-36(29,30)31)16-24-28(10-2-4-12-37(32,33)34)22-15-19(26)7-8-23(22)35-24/h5-8,14-15,20H,1-4,9-13,16H2,(H-,29,30,31,32,33,34). The minimum atomic E-state index is -4.23. The Kier molecular flexibility index (Phi) is 9.35. The van der Waals surface area contributed by atoms with Crippen molar-refractivity contribution in [2.24, 2.45) is 0 Å². The zero-order valence-corrected chi connectivity index (χ0v) is 25.6. The maximum atomic E-state index is 11.2. The van der Waals surface area contributed by atoms with Crippen LogP contribution in [0, 0.1) is 0 Å². The van der Waals surface area contributed by atoms with Gasteiger partial charge >= 0.3 is 0 Å². The number of nitrogens with zero attached hydrogens (tertiary/aromatic N) is 2. The van der Waals surface area contributed by atoms with Crippen LogP contribution in [-0.2, 0) is 39.6 Å². The van der Waals surface area contributed by atoms with E-state index in [0.29, 0.717) is 38.8 Å². The van der Waals surface area contributed by atoms with Crippen LogP contribution in [0.25, 0.3) is 10.2 Å². The van der Waals surface area contributed by atoms with Crippen molar-refractivity contribution in [3.8, 4) is 0 Å². The molecule has 37 heavy (non-hydrogen) atoms. The second kappa shape index (κ2) is 12.0. The number of halogens is 2. The largest absolute Gasteiger partial charge is 0.748 e. The Balaban J connectivity index is 1.58. The van der Waals surface area contributed by atoms with Crippen LogP contribution < -0.4 is 9.47 Å². The van der Waals surface area contributed by atoms with E-state index in [4.69, 9.17) is 4.55 Å². The lowest BCUT2D eigenvalue weighted by atomic mass is 10.1. The summed E-state index contributed by atoms with van der Waals surface area (Å²) in [6, 6.07) is 12.5. The van der Waals surface area contributed by atoms with Crippen molar-refractivity contribution in [2.45, 2.75) is 51.1 Å². The van der Waals surface area contributed by atoms with Crippen molar-refractivity contribution < 1.29 is 30.5 Å². The van der Waals surface area contributed by atoms with Crippen LogP contribution in [0.15, 0.2) is 45.3 Å². The second-order valence-electron chi connectivity index (χ2n) is 9.25. The highest BCUT2D eigenvalue weighted by Gasteiger charge is 2.33. The number of anilines is 1. The summed E-state index contributed by atoms with van der Waals surface area (Å²) in [5.41, 5.74) is 3.43. The zero-order chi connectivity index (χ0) is 26.8. The number of hydrogen-bond acceptors (Lipinski definition) is 7. The maximum absolute atomic E-state index is 11.2. The van der Waals surface area contributed by atoms with E-state index < -0.39 is 20.2 Å². The molecule has 0 spiro atoms. The summed E-state index contributed by atoms with van der Waals surface area (Å²) in [5.74, 6) is -0.611. The number of hydrogen-bond donors (Lipinski definition) is 1. The Morgan fingerprint density at radius 1 is 1.00 bits per heavy atom. The zero-order valence-electron chi connectivity index (χ0n) is 20.0. The van der Waals surface area contributed by atoms with Gasteiger partial charge in [-0.15, -0.1) is 0 Å². The number of rotatable bonds is 12. The van der Waals surface area contributed by atoms with E-state index in [0.717, 1.165) is 42.7 Å². The van der Waals surface area contributed by atoms with E-state index in [-0.39, 0.29) is 17.5 Å². The van der Waals surface area contributed by atoms with Crippen molar-refractivity contribution >= 4 is 79.3 Å².